The zero-order valence-electron chi connectivity index (χ0n) is 14.1. The van der Waals surface area contributed by atoms with Gasteiger partial charge in [-0.15, -0.1) is 0 Å². The van der Waals surface area contributed by atoms with Crippen molar-refractivity contribution in [3.8, 4) is 0 Å². The van der Waals surface area contributed by atoms with Crippen LogP contribution in [0.5, 0.6) is 0 Å². The SMILES string of the molecule is CN(C)c1ccc(NC(=O)NCCN(C)C2CC2)c(C(F)(F)F)c1. The maximum atomic E-state index is 13.2. The third-order valence-electron chi connectivity index (χ3n) is 3.99. The Kier molecular flexibility index (Phi) is 5.58. The highest BCUT2D eigenvalue weighted by molar-refractivity contribution is 5.90. The van der Waals surface area contributed by atoms with E-state index in [4.69, 9.17) is 0 Å². The fourth-order valence-electron chi connectivity index (χ4n) is 2.36. The average Bonchev–Trinajstić information content (AvgIpc) is 3.30. The molecule has 2 rings (SSSR count). The van der Waals surface area contributed by atoms with Gasteiger partial charge in [0.1, 0.15) is 0 Å². The lowest BCUT2D eigenvalue weighted by atomic mass is 10.1. The third kappa shape index (κ3) is 5.02. The summed E-state index contributed by atoms with van der Waals surface area (Å²) in [4.78, 5) is 15.6. The van der Waals surface area contributed by atoms with E-state index >= 15 is 0 Å². The highest BCUT2D eigenvalue weighted by Gasteiger charge is 2.34. The van der Waals surface area contributed by atoms with E-state index in [0.29, 0.717) is 24.8 Å². The third-order valence-corrected chi connectivity index (χ3v) is 3.99. The van der Waals surface area contributed by atoms with E-state index in [-0.39, 0.29) is 5.69 Å². The Balaban J connectivity index is 1.98. The molecule has 1 aliphatic carbocycles. The van der Waals surface area contributed by atoms with Crippen molar-refractivity contribution in [1.82, 2.24) is 10.2 Å². The molecule has 1 aromatic rings. The Bertz CT molecular complexity index is 585. The number of halogens is 3. The van der Waals surface area contributed by atoms with Crippen molar-refractivity contribution < 1.29 is 18.0 Å². The molecule has 2 N–H and O–H groups in total. The first kappa shape index (κ1) is 18.4. The first-order valence-electron chi connectivity index (χ1n) is 7.82. The number of rotatable bonds is 6. The molecule has 0 bridgehead atoms. The molecule has 0 unspecified atom stereocenters. The van der Waals surface area contributed by atoms with Crippen molar-refractivity contribution >= 4 is 17.4 Å². The lowest BCUT2D eigenvalue weighted by Crippen LogP contribution is -2.36. The van der Waals surface area contributed by atoms with Gasteiger partial charge in [-0.05, 0) is 38.1 Å². The first-order valence-corrected chi connectivity index (χ1v) is 7.82. The van der Waals surface area contributed by atoms with Gasteiger partial charge in [-0.25, -0.2) is 4.79 Å². The standard InChI is InChI=1S/C16H23F3N4O/c1-22(2)12-6-7-14(13(10-12)16(17,18)19)21-15(24)20-8-9-23(3)11-4-5-11/h6-7,10-11H,4-5,8-9H2,1-3H3,(H2,20,21,24). The minimum Gasteiger partial charge on any atom is -0.378 e. The molecule has 0 spiro atoms. The van der Waals surface area contributed by atoms with Crippen LogP contribution in [0.25, 0.3) is 0 Å². The van der Waals surface area contributed by atoms with Gasteiger partial charge >= 0.3 is 12.2 Å². The molecule has 8 heteroatoms. The number of alkyl halides is 3. The van der Waals surface area contributed by atoms with Crippen LogP contribution in [0.2, 0.25) is 0 Å². The summed E-state index contributed by atoms with van der Waals surface area (Å²) in [5, 5.41) is 4.89. The first-order chi connectivity index (χ1) is 11.2. The number of anilines is 2. The van der Waals surface area contributed by atoms with Gasteiger partial charge in [0.25, 0.3) is 0 Å². The Morgan fingerprint density at radius 2 is 1.92 bits per heavy atom. The van der Waals surface area contributed by atoms with Gasteiger partial charge in [0.15, 0.2) is 0 Å². The molecule has 0 atom stereocenters. The largest absolute Gasteiger partial charge is 0.418 e. The van der Waals surface area contributed by atoms with E-state index in [0.717, 1.165) is 18.9 Å². The molecule has 0 radical (unpaired) electrons. The molecule has 0 saturated heterocycles. The van der Waals surface area contributed by atoms with Gasteiger partial charge in [0, 0.05) is 38.9 Å². The van der Waals surface area contributed by atoms with Gasteiger partial charge in [0.2, 0.25) is 0 Å². The topological polar surface area (TPSA) is 47.6 Å². The van der Waals surface area contributed by atoms with Crippen molar-refractivity contribution in [3.63, 3.8) is 0 Å². The predicted molar refractivity (Wildman–Crippen MR) is 88.4 cm³/mol. The van der Waals surface area contributed by atoms with E-state index in [1.54, 1.807) is 19.0 Å². The van der Waals surface area contributed by atoms with Gasteiger partial charge in [-0.1, -0.05) is 0 Å². The zero-order valence-corrected chi connectivity index (χ0v) is 14.1. The molecule has 1 aliphatic rings. The number of carbonyl (C=O) groups excluding carboxylic acids is 1. The van der Waals surface area contributed by atoms with Crippen LogP contribution in [-0.2, 0) is 6.18 Å². The van der Waals surface area contributed by atoms with Crippen molar-refractivity contribution in [3.05, 3.63) is 23.8 Å². The van der Waals surface area contributed by atoms with Crippen LogP contribution in [0, 0.1) is 0 Å². The summed E-state index contributed by atoms with van der Waals surface area (Å²) in [6, 6.07) is 3.77. The second kappa shape index (κ2) is 7.29. The van der Waals surface area contributed by atoms with Gasteiger partial charge in [-0.3, -0.25) is 0 Å². The Labute approximate surface area is 139 Å². The summed E-state index contributed by atoms with van der Waals surface area (Å²) in [5.41, 5.74) is -0.695. The molecule has 1 aromatic carbocycles. The number of benzene rings is 1. The second-order valence-electron chi connectivity index (χ2n) is 6.21. The molecule has 24 heavy (non-hydrogen) atoms. The monoisotopic (exact) mass is 344 g/mol. The van der Waals surface area contributed by atoms with E-state index in [9.17, 15) is 18.0 Å². The minimum absolute atomic E-state index is 0.249. The number of urea groups is 1. The number of likely N-dealkylation sites (N-methyl/N-ethyl adjacent to an activating group) is 1. The van der Waals surface area contributed by atoms with Crippen LogP contribution in [0.15, 0.2) is 18.2 Å². The van der Waals surface area contributed by atoms with Crippen LogP contribution in [0.4, 0.5) is 29.3 Å². The molecule has 0 heterocycles. The number of amides is 2. The molecular formula is C16H23F3N4O. The molecule has 1 fully saturated rings. The molecule has 5 nitrogen and oxygen atoms in total. The fraction of sp³-hybridized carbons (Fsp3) is 0.562. The van der Waals surface area contributed by atoms with E-state index in [1.165, 1.54) is 12.1 Å². The quantitative estimate of drug-likeness (QED) is 0.834. The normalized spacial score (nSPS) is 14.6. The Morgan fingerprint density at radius 3 is 2.46 bits per heavy atom. The summed E-state index contributed by atoms with van der Waals surface area (Å²) >= 11 is 0. The van der Waals surface area contributed by atoms with E-state index in [1.807, 2.05) is 7.05 Å². The van der Waals surface area contributed by atoms with Gasteiger partial charge < -0.3 is 20.4 Å². The van der Waals surface area contributed by atoms with Crippen LogP contribution < -0.4 is 15.5 Å². The highest BCUT2D eigenvalue weighted by atomic mass is 19.4. The molecule has 1 saturated carbocycles. The predicted octanol–water partition coefficient (Wildman–Crippen LogP) is 2.99. The van der Waals surface area contributed by atoms with E-state index < -0.39 is 17.8 Å². The number of hydrogen-bond donors (Lipinski definition) is 2. The number of nitrogens with zero attached hydrogens (tertiary/aromatic N) is 2. The minimum atomic E-state index is -4.54. The zero-order chi connectivity index (χ0) is 17.9. The lowest BCUT2D eigenvalue weighted by Gasteiger charge is -2.19. The van der Waals surface area contributed by atoms with Crippen molar-refractivity contribution in [2.75, 3.05) is 44.4 Å². The molecule has 0 aromatic heterocycles. The Morgan fingerprint density at radius 1 is 1.25 bits per heavy atom. The molecule has 134 valence electrons. The number of carbonyl (C=O) groups is 1. The van der Waals surface area contributed by atoms with Crippen LogP contribution in [-0.4, -0.2) is 51.2 Å². The second-order valence-corrected chi connectivity index (χ2v) is 6.21. The smallest absolute Gasteiger partial charge is 0.378 e. The highest BCUT2D eigenvalue weighted by Crippen LogP contribution is 2.37. The molecular weight excluding hydrogens is 321 g/mol. The maximum Gasteiger partial charge on any atom is 0.418 e. The number of hydrogen-bond acceptors (Lipinski definition) is 3. The summed E-state index contributed by atoms with van der Waals surface area (Å²) in [6.45, 7) is 1.06. The van der Waals surface area contributed by atoms with Crippen LogP contribution in [0.1, 0.15) is 18.4 Å². The van der Waals surface area contributed by atoms with E-state index in [2.05, 4.69) is 15.5 Å². The maximum absolute atomic E-state index is 13.2. The average molecular weight is 344 g/mol. The summed E-state index contributed by atoms with van der Waals surface area (Å²) < 4.78 is 39.6. The van der Waals surface area contributed by atoms with Crippen LogP contribution in [0.3, 0.4) is 0 Å². The van der Waals surface area contributed by atoms with Gasteiger partial charge in [0.05, 0.1) is 11.3 Å². The van der Waals surface area contributed by atoms with Crippen molar-refractivity contribution in [2.24, 2.45) is 0 Å². The summed E-state index contributed by atoms with van der Waals surface area (Å²) in [5.74, 6) is 0. The van der Waals surface area contributed by atoms with Crippen LogP contribution >= 0.6 is 0 Å². The Hall–Kier alpha value is -1.96. The molecule has 0 aliphatic heterocycles. The van der Waals surface area contributed by atoms with Crippen molar-refractivity contribution in [2.45, 2.75) is 25.1 Å². The fourth-order valence-corrected chi connectivity index (χ4v) is 2.36. The summed E-state index contributed by atoms with van der Waals surface area (Å²) in [6.07, 6.45) is -2.22. The van der Waals surface area contributed by atoms with Crippen molar-refractivity contribution in [1.29, 1.82) is 0 Å². The van der Waals surface area contributed by atoms with Gasteiger partial charge in [-0.2, -0.15) is 13.2 Å². The summed E-state index contributed by atoms with van der Waals surface area (Å²) in [7, 11) is 5.29. The molecule has 2 amide bonds. The lowest BCUT2D eigenvalue weighted by molar-refractivity contribution is -0.136. The number of nitrogens with one attached hydrogen (secondary N) is 2.